The smallest absolute Gasteiger partial charge is 0.151 e. The number of nitrogens with two attached hydrogens (primary N) is 1. The van der Waals surface area contributed by atoms with Gasteiger partial charge in [0.15, 0.2) is 11.6 Å². The highest BCUT2D eigenvalue weighted by atomic mass is 19.1. The van der Waals surface area contributed by atoms with E-state index in [4.69, 9.17) is 5.73 Å². The summed E-state index contributed by atoms with van der Waals surface area (Å²) in [6.07, 6.45) is 1.93. The van der Waals surface area contributed by atoms with Crippen molar-refractivity contribution in [3.8, 4) is 0 Å². The van der Waals surface area contributed by atoms with Crippen molar-refractivity contribution in [1.82, 2.24) is 0 Å². The molecule has 0 saturated carbocycles. The second-order valence-electron chi connectivity index (χ2n) is 6.48. The van der Waals surface area contributed by atoms with E-state index in [9.17, 15) is 8.78 Å². The van der Waals surface area contributed by atoms with E-state index in [2.05, 4.69) is 12.2 Å². The Morgan fingerprint density at radius 2 is 1.62 bits per heavy atom. The van der Waals surface area contributed by atoms with E-state index in [1.807, 2.05) is 29.2 Å². The van der Waals surface area contributed by atoms with Crippen LogP contribution in [-0.4, -0.2) is 13.1 Å². The van der Waals surface area contributed by atoms with Gasteiger partial charge in [-0.25, -0.2) is 8.78 Å². The van der Waals surface area contributed by atoms with Gasteiger partial charge in [-0.3, -0.25) is 0 Å². The van der Waals surface area contributed by atoms with Gasteiger partial charge in [0.2, 0.25) is 0 Å². The molecule has 0 aliphatic carbocycles. The van der Waals surface area contributed by atoms with E-state index < -0.39 is 11.6 Å². The standard InChI is InChI=1S/C19H23F2N3/c1-13-6-8-24(9-7-13)19-17(20)10-16(11-18(19)21)23-15-4-2-14(12-22)3-5-15/h2-5,10-11,13,23H,6-9,12,22H2,1H3. The van der Waals surface area contributed by atoms with E-state index >= 15 is 0 Å². The third kappa shape index (κ3) is 3.67. The lowest BCUT2D eigenvalue weighted by Crippen LogP contribution is -2.34. The van der Waals surface area contributed by atoms with Crippen LogP contribution in [-0.2, 0) is 6.54 Å². The predicted octanol–water partition coefficient (Wildman–Crippen LogP) is 4.40. The Balaban J connectivity index is 1.78. The highest BCUT2D eigenvalue weighted by Crippen LogP contribution is 2.31. The predicted molar refractivity (Wildman–Crippen MR) is 94.6 cm³/mol. The first-order chi connectivity index (χ1) is 11.6. The Morgan fingerprint density at radius 3 is 2.17 bits per heavy atom. The fraction of sp³-hybridized carbons (Fsp3) is 0.368. The monoisotopic (exact) mass is 331 g/mol. The van der Waals surface area contributed by atoms with E-state index in [-0.39, 0.29) is 5.69 Å². The zero-order valence-corrected chi connectivity index (χ0v) is 13.9. The van der Waals surface area contributed by atoms with Crippen LogP contribution in [0.2, 0.25) is 0 Å². The van der Waals surface area contributed by atoms with Gasteiger partial charge in [0.05, 0.1) is 0 Å². The van der Waals surface area contributed by atoms with Gasteiger partial charge in [-0.15, -0.1) is 0 Å². The van der Waals surface area contributed by atoms with E-state index in [1.165, 1.54) is 12.1 Å². The molecule has 0 amide bonds. The Kier molecular flexibility index (Phi) is 5.00. The number of piperidine rings is 1. The molecule has 3 rings (SSSR count). The first kappa shape index (κ1) is 16.7. The molecule has 128 valence electrons. The number of nitrogens with one attached hydrogen (secondary N) is 1. The minimum atomic E-state index is -0.523. The van der Waals surface area contributed by atoms with Crippen LogP contribution < -0.4 is 16.0 Å². The lowest BCUT2D eigenvalue weighted by molar-refractivity contribution is 0.429. The molecule has 2 aromatic carbocycles. The largest absolute Gasteiger partial charge is 0.367 e. The van der Waals surface area contributed by atoms with Gasteiger partial charge < -0.3 is 16.0 Å². The molecule has 0 radical (unpaired) electrons. The number of nitrogens with zero attached hydrogens (tertiary/aromatic N) is 1. The molecule has 0 unspecified atom stereocenters. The van der Waals surface area contributed by atoms with Crippen molar-refractivity contribution in [2.24, 2.45) is 11.7 Å². The normalized spacial score (nSPS) is 15.6. The van der Waals surface area contributed by atoms with Crippen molar-refractivity contribution in [3.63, 3.8) is 0 Å². The molecule has 1 aliphatic rings. The molecule has 0 spiro atoms. The van der Waals surface area contributed by atoms with Crippen molar-refractivity contribution in [1.29, 1.82) is 0 Å². The topological polar surface area (TPSA) is 41.3 Å². The minimum Gasteiger partial charge on any atom is -0.367 e. The Labute approximate surface area is 141 Å². The maximum atomic E-state index is 14.5. The number of hydrogen-bond donors (Lipinski definition) is 2. The van der Waals surface area contributed by atoms with E-state index in [1.54, 1.807) is 0 Å². The summed E-state index contributed by atoms with van der Waals surface area (Å²) >= 11 is 0. The Morgan fingerprint density at radius 1 is 1.04 bits per heavy atom. The molecular weight excluding hydrogens is 308 g/mol. The fourth-order valence-electron chi connectivity index (χ4n) is 3.06. The van der Waals surface area contributed by atoms with Gasteiger partial charge in [0, 0.05) is 31.0 Å². The zero-order chi connectivity index (χ0) is 17.1. The second-order valence-corrected chi connectivity index (χ2v) is 6.48. The lowest BCUT2D eigenvalue weighted by Gasteiger charge is -2.32. The van der Waals surface area contributed by atoms with Crippen LogP contribution in [0.1, 0.15) is 25.3 Å². The number of anilines is 3. The van der Waals surface area contributed by atoms with Gasteiger partial charge in [0.25, 0.3) is 0 Å². The molecule has 3 N–H and O–H groups in total. The SMILES string of the molecule is CC1CCN(c2c(F)cc(Nc3ccc(CN)cc3)cc2F)CC1. The average Bonchev–Trinajstić information content (AvgIpc) is 2.57. The van der Waals surface area contributed by atoms with Gasteiger partial charge in [0.1, 0.15) is 5.69 Å². The van der Waals surface area contributed by atoms with Crippen LogP contribution >= 0.6 is 0 Å². The number of halogens is 2. The molecular formula is C19H23F2N3. The molecule has 0 atom stereocenters. The molecule has 24 heavy (non-hydrogen) atoms. The van der Waals surface area contributed by atoms with Crippen LogP contribution in [0, 0.1) is 17.6 Å². The third-order valence-electron chi connectivity index (χ3n) is 4.60. The fourth-order valence-corrected chi connectivity index (χ4v) is 3.06. The molecule has 1 fully saturated rings. The van der Waals surface area contributed by atoms with Gasteiger partial charge in [-0.2, -0.15) is 0 Å². The molecule has 5 heteroatoms. The van der Waals surface area contributed by atoms with Crippen molar-refractivity contribution in [2.45, 2.75) is 26.3 Å². The highest BCUT2D eigenvalue weighted by molar-refractivity contribution is 5.64. The van der Waals surface area contributed by atoms with E-state index in [0.29, 0.717) is 31.2 Å². The van der Waals surface area contributed by atoms with Crippen molar-refractivity contribution < 1.29 is 8.78 Å². The quantitative estimate of drug-likeness (QED) is 0.872. The summed E-state index contributed by atoms with van der Waals surface area (Å²) < 4.78 is 29.0. The summed E-state index contributed by atoms with van der Waals surface area (Å²) in [7, 11) is 0. The summed E-state index contributed by atoms with van der Waals surface area (Å²) in [5.74, 6) is -0.430. The average molecular weight is 331 g/mol. The Hall–Kier alpha value is -2.14. The second kappa shape index (κ2) is 7.18. The molecule has 1 heterocycles. The van der Waals surface area contributed by atoms with Crippen LogP contribution in [0.5, 0.6) is 0 Å². The summed E-state index contributed by atoms with van der Waals surface area (Å²) in [5, 5.41) is 3.03. The first-order valence-corrected chi connectivity index (χ1v) is 8.37. The number of rotatable bonds is 4. The molecule has 0 bridgehead atoms. The van der Waals surface area contributed by atoms with Crippen LogP contribution in [0.15, 0.2) is 36.4 Å². The van der Waals surface area contributed by atoms with Crippen LogP contribution in [0.4, 0.5) is 25.8 Å². The van der Waals surface area contributed by atoms with Crippen molar-refractivity contribution in [3.05, 3.63) is 53.6 Å². The first-order valence-electron chi connectivity index (χ1n) is 8.37. The van der Waals surface area contributed by atoms with Crippen LogP contribution in [0.3, 0.4) is 0 Å². The van der Waals surface area contributed by atoms with Gasteiger partial charge >= 0.3 is 0 Å². The zero-order valence-electron chi connectivity index (χ0n) is 13.9. The number of benzene rings is 2. The highest BCUT2D eigenvalue weighted by Gasteiger charge is 2.22. The van der Waals surface area contributed by atoms with Gasteiger partial charge in [-0.1, -0.05) is 19.1 Å². The molecule has 3 nitrogen and oxygen atoms in total. The molecule has 1 aliphatic heterocycles. The van der Waals surface area contributed by atoms with Gasteiger partial charge in [-0.05, 0) is 48.6 Å². The van der Waals surface area contributed by atoms with E-state index in [0.717, 1.165) is 24.1 Å². The molecule has 1 saturated heterocycles. The number of hydrogen-bond acceptors (Lipinski definition) is 3. The maximum absolute atomic E-state index is 14.5. The summed E-state index contributed by atoms with van der Waals surface area (Å²) in [5.41, 5.74) is 7.83. The summed E-state index contributed by atoms with van der Waals surface area (Å²) in [6.45, 7) is 4.03. The summed E-state index contributed by atoms with van der Waals surface area (Å²) in [4.78, 5) is 1.81. The summed E-state index contributed by atoms with van der Waals surface area (Å²) in [6, 6.07) is 10.2. The molecule has 0 aromatic heterocycles. The van der Waals surface area contributed by atoms with Crippen LogP contribution in [0.25, 0.3) is 0 Å². The molecule has 2 aromatic rings. The Bertz CT molecular complexity index is 669. The van der Waals surface area contributed by atoms with Crippen molar-refractivity contribution in [2.75, 3.05) is 23.3 Å². The lowest BCUT2D eigenvalue weighted by atomic mass is 9.98. The van der Waals surface area contributed by atoms with Crippen molar-refractivity contribution >= 4 is 17.1 Å². The third-order valence-corrected chi connectivity index (χ3v) is 4.60. The maximum Gasteiger partial charge on any atom is 0.151 e. The minimum absolute atomic E-state index is 0.0888.